The van der Waals surface area contributed by atoms with Crippen molar-refractivity contribution in [2.24, 2.45) is 0 Å². The zero-order valence-corrected chi connectivity index (χ0v) is 11.2. The van der Waals surface area contributed by atoms with Crippen LogP contribution in [-0.4, -0.2) is 4.98 Å². The average molecular weight is 302 g/mol. The van der Waals surface area contributed by atoms with E-state index in [0.717, 1.165) is 11.6 Å². The number of alkyl halides is 3. The van der Waals surface area contributed by atoms with Gasteiger partial charge in [-0.2, -0.15) is 13.2 Å². The number of halogens is 4. The summed E-state index contributed by atoms with van der Waals surface area (Å²) in [5, 5.41) is 2.61. The normalized spacial score (nSPS) is 11.4. The highest BCUT2D eigenvalue weighted by atomic mass is 35.5. The minimum Gasteiger partial charge on any atom is -0.396 e. The van der Waals surface area contributed by atoms with E-state index in [-0.39, 0.29) is 16.5 Å². The van der Waals surface area contributed by atoms with Crippen LogP contribution >= 0.6 is 11.6 Å². The van der Waals surface area contributed by atoms with Crippen LogP contribution in [0.3, 0.4) is 0 Å². The van der Waals surface area contributed by atoms with Gasteiger partial charge in [0.1, 0.15) is 0 Å². The Hall–Kier alpha value is -1.95. The molecule has 1 aromatic carbocycles. The number of nitrogens with zero attached hydrogens (tertiary/aromatic N) is 1. The average Bonchev–Trinajstić information content (AvgIpc) is 2.36. The van der Waals surface area contributed by atoms with Crippen molar-refractivity contribution in [1.82, 2.24) is 4.98 Å². The number of benzene rings is 1. The molecular formula is C13H11ClF3N3. The van der Waals surface area contributed by atoms with Gasteiger partial charge in [0.2, 0.25) is 0 Å². The van der Waals surface area contributed by atoms with Crippen LogP contribution in [0, 0.1) is 6.92 Å². The predicted molar refractivity (Wildman–Crippen MR) is 73.1 cm³/mol. The number of anilines is 3. The summed E-state index contributed by atoms with van der Waals surface area (Å²) in [6, 6.07) is 5.14. The summed E-state index contributed by atoms with van der Waals surface area (Å²) in [6.07, 6.45) is -3.05. The molecule has 0 radical (unpaired) electrons. The second-order valence-electron chi connectivity index (χ2n) is 4.20. The first-order valence-electron chi connectivity index (χ1n) is 5.64. The molecule has 0 atom stereocenters. The number of nitrogens with two attached hydrogens (primary N) is 1. The standard InChI is InChI=1S/C13H11ClF3N3/c1-7-4-5-19-12(11(7)18)20-10-3-2-8(14)6-9(10)13(15,16)17/h2-6H,18H2,1H3,(H,19,20). The third-order valence-electron chi connectivity index (χ3n) is 2.75. The van der Waals surface area contributed by atoms with E-state index < -0.39 is 11.7 Å². The van der Waals surface area contributed by atoms with Gasteiger partial charge in [0.25, 0.3) is 0 Å². The molecule has 1 aromatic heterocycles. The summed E-state index contributed by atoms with van der Waals surface area (Å²) in [4.78, 5) is 3.94. The van der Waals surface area contributed by atoms with Crippen molar-refractivity contribution in [3.8, 4) is 0 Å². The Morgan fingerprint density at radius 1 is 1.25 bits per heavy atom. The van der Waals surface area contributed by atoms with E-state index >= 15 is 0 Å². The second-order valence-corrected chi connectivity index (χ2v) is 4.64. The van der Waals surface area contributed by atoms with Gasteiger partial charge in [-0.1, -0.05) is 11.6 Å². The zero-order chi connectivity index (χ0) is 14.9. The van der Waals surface area contributed by atoms with Gasteiger partial charge in [-0.05, 0) is 36.8 Å². The van der Waals surface area contributed by atoms with Crippen LogP contribution in [0.4, 0.5) is 30.4 Å². The molecule has 0 bridgehead atoms. The van der Waals surface area contributed by atoms with Crippen LogP contribution in [0.1, 0.15) is 11.1 Å². The first-order valence-corrected chi connectivity index (χ1v) is 6.01. The van der Waals surface area contributed by atoms with Crippen molar-refractivity contribution in [3.05, 3.63) is 46.6 Å². The quantitative estimate of drug-likeness (QED) is 0.865. The largest absolute Gasteiger partial charge is 0.418 e. The number of aryl methyl sites for hydroxylation is 1. The van der Waals surface area contributed by atoms with Crippen molar-refractivity contribution in [2.45, 2.75) is 13.1 Å². The topological polar surface area (TPSA) is 50.9 Å². The van der Waals surface area contributed by atoms with E-state index in [1.807, 2.05) is 0 Å². The van der Waals surface area contributed by atoms with Gasteiger partial charge in [0, 0.05) is 11.2 Å². The summed E-state index contributed by atoms with van der Waals surface area (Å²) in [5.41, 5.74) is 5.80. The van der Waals surface area contributed by atoms with Crippen LogP contribution in [0.2, 0.25) is 5.02 Å². The summed E-state index contributed by atoms with van der Waals surface area (Å²) in [6.45, 7) is 1.74. The fraction of sp³-hybridized carbons (Fsp3) is 0.154. The van der Waals surface area contributed by atoms with E-state index in [0.29, 0.717) is 5.69 Å². The monoisotopic (exact) mass is 301 g/mol. The number of hydrogen-bond donors (Lipinski definition) is 2. The number of hydrogen-bond acceptors (Lipinski definition) is 3. The lowest BCUT2D eigenvalue weighted by Crippen LogP contribution is -2.10. The maximum Gasteiger partial charge on any atom is 0.418 e. The molecule has 0 saturated carbocycles. The highest BCUT2D eigenvalue weighted by molar-refractivity contribution is 6.30. The molecule has 3 N–H and O–H groups in total. The molecule has 7 heteroatoms. The van der Waals surface area contributed by atoms with Crippen molar-refractivity contribution in [1.29, 1.82) is 0 Å². The van der Waals surface area contributed by atoms with Crippen molar-refractivity contribution >= 4 is 28.8 Å². The van der Waals surface area contributed by atoms with Crippen LogP contribution in [-0.2, 0) is 6.18 Å². The Balaban J connectivity index is 2.46. The minimum absolute atomic E-state index is 0.00745. The molecule has 0 aliphatic carbocycles. The van der Waals surface area contributed by atoms with E-state index in [4.69, 9.17) is 17.3 Å². The molecule has 2 aromatic rings. The lowest BCUT2D eigenvalue weighted by atomic mass is 10.1. The second kappa shape index (κ2) is 5.20. The van der Waals surface area contributed by atoms with E-state index in [9.17, 15) is 13.2 Å². The zero-order valence-electron chi connectivity index (χ0n) is 10.4. The Morgan fingerprint density at radius 3 is 2.60 bits per heavy atom. The Kier molecular flexibility index (Phi) is 3.76. The molecule has 0 unspecified atom stereocenters. The smallest absolute Gasteiger partial charge is 0.396 e. The molecule has 3 nitrogen and oxygen atoms in total. The number of nitrogens with one attached hydrogen (secondary N) is 1. The highest BCUT2D eigenvalue weighted by Gasteiger charge is 2.34. The predicted octanol–water partition coefficient (Wildman–Crippen LogP) is 4.39. The minimum atomic E-state index is -4.52. The van der Waals surface area contributed by atoms with E-state index in [1.165, 1.54) is 18.3 Å². The highest BCUT2D eigenvalue weighted by Crippen LogP contribution is 2.38. The molecule has 0 spiro atoms. The molecule has 106 valence electrons. The van der Waals surface area contributed by atoms with E-state index in [2.05, 4.69) is 10.3 Å². The van der Waals surface area contributed by atoms with Gasteiger partial charge in [0.05, 0.1) is 16.9 Å². The lowest BCUT2D eigenvalue weighted by molar-refractivity contribution is -0.136. The summed E-state index contributed by atoms with van der Waals surface area (Å²) in [7, 11) is 0. The number of rotatable bonds is 2. The Morgan fingerprint density at radius 2 is 1.95 bits per heavy atom. The van der Waals surface area contributed by atoms with Gasteiger partial charge in [0.15, 0.2) is 5.82 Å². The van der Waals surface area contributed by atoms with Gasteiger partial charge >= 0.3 is 6.18 Å². The molecule has 0 aliphatic rings. The molecule has 0 saturated heterocycles. The summed E-state index contributed by atoms with van der Waals surface area (Å²) >= 11 is 5.61. The number of nitrogen functional groups attached to an aromatic ring is 1. The van der Waals surface area contributed by atoms with Crippen LogP contribution in [0.25, 0.3) is 0 Å². The van der Waals surface area contributed by atoms with Crippen LogP contribution in [0.5, 0.6) is 0 Å². The van der Waals surface area contributed by atoms with Gasteiger partial charge in [-0.25, -0.2) is 4.98 Å². The van der Waals surface area contributed by atoms with Gasteiger partial charge in [-0.15, -0.1) is 0 Å². The molecule has 2 rings (SSSR count). The third kappa shape index (κ3) is 2.96. The SMILES string of the molecule is Cc1ccnc(Nc2ccc(Cl)cc2C(F)(F)F)c1N. The Bertz CT molecular complexity index is 641. The molecule has 20 heavy (non-hydrogen) atoms. The maximum atomic E-state index is 13.0. The van der Waals surface area contributed by atoms with Crippen molar-refractivity contribution < 1.29 is 13.2 Å². The Labute approximate surface area is 118 Å². The molecule has 0 aliphatic heterocycles. The summed E-state index contributed by atoms with van der Waals surface area (Å²) in [5.74, 6) is 0.179. The third-order valence-corrected chi connectivity index (χ3v) is 2.98. The van der Waals surface area contributed by atoms with Crippen molar-refractivity contribution in [3.63, 3.8) is 0 Å². The van der Waals surface area contributed by atoms with Crippen molar-refractivity contribution in [2.75, 3.05) is 11.1 Å². The fourth-order valence-electron chi connectivity index (χ4n) is 1.66. The first kappa shape index (κ1) is 14.5. The summed E-state index contributed by atoms with van der Waals surface area (Å²) < 4.78 is 38.9. The fourth-order valence-corrected chi connectivity index (χ4v) is 1.83. The first-order chi connectivity index (χ1) is 9.29. The molecule has 0 fully saturated rings. The molecule has 1 heterocycles. The number of pyridine rings is 1. The van der Waals surface area contributed by atoms with Crippen LogP contribution < -0.4 is 11.1 Å². The maximum absolute atomic E-state index is 13.0. The lowest BCUT2D eigenvalue weighted by Gasteiger charge is -2.16. The van der Waals surface area contributed by atoms with Gasteiger partial charge in [-0.3, -0.25) is 0 Å². The van der Waals surface area contributed by atoms with Crippen LogP contribution in [0.15, 0.2) is 30.5 Å². The number of aromatic nitrogens is 1. The van der Waals surface area contributed by atoms with E-state index in [1.54, 1.807) is 13.0 Å². The molecular weight excluding hydrogens is 291 g/mol. The van der Waals surface area contributed by atoms with Gasteiger partial charge < -0.3 is 11.1 Å². The molecule has 0 amide bonds.